The van der Waals surface area contributed by atoms with Crippen molar-refractivity contribution >= 4 is 31.9 Å². The lowest BCUT2D eigenvalue weighted by molar-refractivity contribution is 0.206. The van der Waals surface area contributed by atoms with Gasteiger partial charge in [-0.2, -0.15) is 0 Å². The Morgan fingerprint density at radius 1 is 1.39 bits per heavy atom. The van der Waals surface area contributed by atoms with Gasteiger partial charge >= 0.3 is 0 Å². The van der Waals surface area contributed by atoms with E-state index in [1.807, 2.05) is 18.2 Å². The fourth-order valence-corrected chi connectivity index (χ4v) is 2.97. The number of ether oxygens (including phenoxy) is 1. The van der Waals surface area contributed by atoms with Crippen molar-refractivity contribution in [1.29, 1.82) is 0 Å². The summed E-state index contributed by atoms with van der Waals surface area (Å²) in [4.78, 5) is 0. The second kappa shape index (κ2) is 6.92. The molecule has 0 saturated heterocycles. The topological polar surface area (TPSA) is 21.3 Å². The van der Waals surface area contributed by atoms with E-state index in [0.29, 0.717) is 0 Å². The Morgan fingerprint density at radius 3 is 2.83 bits per heavy atom. The Kier molecular flexibility index (Phi) is 5.52. The summed E-state index contributed by atoms with van der Waals surface area (Å²) < 4.78 is 7.99. The molecule has 18 heavy (non-hydrogen) atoms. The van der Waals surface area contributed by atoms with Crippen LogP contribution in [-0.2, 0) is 0 Å². The minimum absolute atomic E-state index is 0.253. The largest absolute Gasteiger partial charge is 0.490 e. The normalized spacial score (nSPS) is 16.6. The van der Waals surface area contributed by atoms with Gasteiger partial charge in [-0.1, -0.05) is 15.9 Å². The SMILES string of the molecule is CC(CCCNC1CC1)Oc1ccc(Br)cc1Br. The molecule has 1 aromatic rings. The minimum Gasteiger partial charge on any atom is -0.490 e. The van der Waals surface area contributed by atoms with Gasteiger partial charge in [-0.25, -0.2) is 0 Å². The molecule has 1 aliphatic carbocycles. The molecule has 0 heterocycles. The summed E-state index contributed by atoms with van der Waals surface area (Å²) >= 11 is 6.96. The number of hydrogen-bond acceptors (Lipinski definition) is 2. The van der Waals surface area contributed by atoms with Gasteiger partial charge in [-0.15, -0.1) is 0 Å². The number of rotatable bonds is 7. The number of nitrogens with one attached hydrogen (secondary N) is 1. The lowest BCUT2D eigenvalue weighted by Gasteiger charge is -2.16. The van der Waals surface area contributed by atoms with Gasteiger partial charge in [-0.3, -0.25) is 0 Å². The van der Waals surface area contributed by atoms with E-state index >= 15 is 0 Å². The van der Waals surface area contributed by atoms with Gasteiger partial charge in [0.15, 0.2) is 0 Å². The Morgan fingerprint density at radius 2 is 2.17 bits per heavy atom. The van der Waals surface area contributed by atoms with E-state index in [1.165, 1.54) is 19.3 Å². The summed E-state index contributed by atoms with van der Waals surface area (Å²) in [6.07, 6.45) is 5.23. The smallest absolute Gasteiger partial charge is 0.133 e. The molecule has 1 fully saturated rings. The minimum atomic E-state index is 0.253. The number of benzene rings is 1. The highest BCUT2D eigenvalue weighted by molar-refractivity contribution is 9.11. The summed E-state index contributed by atoms with van der Waals surface area (Å²) in [5.41, 5.74) is 0. The van der Waals surface area contributed by atoms with Crippen molar-refractivity contribution in [2.24, 2.45) is 0 Å². The lowest BCUT2D eigenvalue weighted by atomic mass is 10.2. The van der Waals surface area contributed by atoms with E-state index in [1.54, 1.807) is 0 Å². The molecule has 1 aliphatic rings. The van der Waals surface area contributed by atoms with Crippen LogP contribution in [0.1, 0.15) is 32.6 Å². The quantitative estimate of drug-likeness (QED) is 0.706. The van der Waals surface area contributed by atoms with Crippen molar-refractivity contribution in [3.63, 3.8) is 0 Å². The van der Waals surface area contributed by atoms with Crippen LogP contribution in [0, 0.1) is 0 Å². The van der Waals surface area contributed by atoms with Crippen LogP contribution in [-0.4, -0.2) is 18.7 Å². The first-order chi connectivity index (χ1) is 8.65. The predicted octanol–water partition coefficient (Wildman–Crippen LogP) is 4.51. The van der Waals surface area contributed by atoms with Crippen LogP contribution in [0.5, 0.6) is 5.75 Å². The van der Waals surface area contributed by atoms with E-state index < -0.39 is 0 Å². The average Bonchev–Trinajstić information content (AvgIpc) is 3.12. The third kappa shape index (κ3) is 4.90. The van der Waals surface area contributed by atoms with Crippen LogP contribution in [0.15, 0.2) is 27.1 Å². The van der Waals surface area contributed by atoms with E-state index in [2.05, 4.69) is 44.1 Å². The molecule has 0 aromatic heterocycles. The first-order valence-corrected chi connectivity index (χ1v) is 8.09. The molecular weight excluding hydrogens is 358 g/mol. The zero-order valence-corrected chi connectivity index (χ0v) is 13.8. The van der Waals surface area contributed by atoms with E-state index in [0.717, 1.165) is 33.7 Å². The maximum absolute atomic E-state index is 5.93. The molecule has 0 bridgehead atoms. The molecule has 0 radical (unpaired) electrons. The maximum atomic E-state index is 5.93. The van der Waals surface area contributed by atoms with Crippen LogP contribution < -0.4 is 10.1 Å². The lowest BCUT2D eigenvalue weighted by Crippen LogP contribution is -2.20. The van der Waals surface area contributed by atoms with Crippen LogP contribution in [0.25, 0.3) is 0 Å². The van der Waals surface area contributed by atoms with Gasteiger partial charge in [0.25, 0.3) is 0 Å². The van der Waals surface area contributed by atoms with Crippen molar-refractivity contribution in [2.75, 3.05) is 6.54 Å². The molecule has 0 amide bonds. The first kappa shape index (κ1) is 14.4. The van der Waals surface area contributed by atoms with Crippen molar-refractivity contribution < 1.29 is 4.74 Å². The molecule has 0 spiro atoms. The molecule has 2 rings (SSSR count). The average molecular weight is 377 g/mol. The molecule has 1 saturated carbocycles. The van der Waals surface area contributed by atoms with Gasteiger partial charge in [0.1, 0.15) is 5.75 Å². The van der Waals surface area contributed by atoms with Gasteiger partial charge in [-0.05, 0) is 73.3 Å². The highest BCUT2D eigenvalue weighted by atomic mass is 79.9. The van der Waals surface area contributed by atoms with Crippen molar-refractivity contribution in [1.82, 2.24) is 5.32 Å². The molecule has 1 aromatic carbocycles. The molecule has 2 nitrogen and oxygen atoms in total. The van der Waals surface area contributed by atoms with E-state index in [9.17, 15) is 0 Å². The maximum Gasteiger partial charge on any atom is 0.133 e. The number of hydrogen-bond donors (Lipinski definition) is 1. The monoisotopic (exact) mass is 375 g/mol. The third-order valence-electron chi connectivity index (χ3n) is 3.02. The van der Waals surface area contributed by atoms with Crippen molar-refractivity contribution in [2.45, 2.75) is 44.8 Å². The third-order valence-corrected chi connectivity index (χ3v) is 4.13. The van der Waals surface area contributed by atoms with Crippen LogP contribution in [0.3, 0.4) is 0 Å². The Hall–Kier alpha value is -0.0600. The Bertz CT molecular complexity index is 393. The molecular formula is C14H19Br2NO. The van der Waals surface area contributed by atoms with Gasteiger partial charge < -0.3 is 10.1 Å². The molecule has 4 heteroatoms. The summed E-state index contributed by atoms with van der Waals surface area (Å²) in [7, 11) is 0. The van der Waals surface area contributed by atoms with Crippen LogP contribution in [0.2, 0.25) is 0 Å². The fraction of sp³-hybridized carbons (Fsp3) is 0.571. The number of halogens is 2. The van der Waals surface area contributed by atoms with E-state index in [-0.39, 0.29) is 6.10 Å². The molecule has 0 aliphatic heterocycles. The summed E-state index contributed by atoms with van der Waals surface area (Å²) in [6.45, 7) is 3.24. The summed E-state index contributed by atoms with van der Waals surface area (Å²) in [5, 5.41) is 3.52. The second-order valence-electron chi connectivity index (χ2n) is 4.87. The highest BCUT2D eigenvalue weighted by Gasteiger charge is 2.19. The first-order valence-electron chi connectivity index (χ1n) is 6.50. The van der Waals surface area contributed by atoms with Gasteiger partial charge in [0, 0.05) is 10.5 Å². The van der Waals surface area contributed by atoms with E-state index in [4.69, 9.17) is 4.74 Å². The summed E-state index contributed by atoms with van der Waals surface area (Å²) in [5.74, 6) is 0.917. The second-order valence-corrected chi connectivity index (χ2v) is 6.64. The zero-order valence-electron chi connectivity index (χ0n) is 10.6. The standard InChI is InChI=1S/C14H19Br2NO/c1-10(3-2-8-17-12-5-6-12)18-14-7-4-11(15)9-13(14)16/h4,7,9-10,12,17H,2-3,5-6,8H2,1H3. The zero-order chi connectivity index (χ0) is 13.0. The fourth-order valence-electron chi connectivity index (χ4n) is 1.83. The predicted molar refractivity (Wildman–Crippen MR) is 82.2 cm³/mol. The van der Waals surface area contributed by atoms with Crippen molar-refractivity contribution in [3.05, 3.63) is 27.1 Å². The van der Waals surface area contributed by atoms with Gasteiger partial charge in [0.05, 0.1) is 10.6 Å². The molecule has 1 unspecified atom stereocenters. The molecule has 1 atom stereocenters. The molecule has 100 valence electrons. The van der Waals surface area contributed by atoms with Crippen LogP contribution >= 0.6 is 31.9 Å². The highest BCUT2D eigenvalue weighted by Crippen LogP contribution is 2.29. The Balaban J connectivity index is 1.70. The van der Waals surface area contributed by atoms with Crippen molar-refractivity contribution in [3.8, 4) is 5.75 Å². The summed E-state index contributed by atoms with van der Waals surface area (Å²) in [6, 6.07) is 6.81. The Labute approximate surface area is 126 Å². The van der Waals surface area contributed by atoms with Crippen LogP contribution in [0.4, 0.5) is 0 Å². The molecule has 1 N–H and O–H groups in total. The van der Waals surface area contributed by atoms with Gasteiger partial charge in [0.2, 0.25) is 0 Å².